The first-order chi connectivity index (χ1) is 20.1. The molecule has 3 saturated carbocycles. The highest BCUT2D eigenvalue weighted by Crippen LogP contribution is 2.75. The predicted octanol–water partition coefficient (Wildman–Crippen LogP) is 9.61. The second-order valence-corrected chi connectivity index (χ2v) is 16.9. The number of fused-ring (bicyclic) bond motifs is 7. The van der Waals surface area contributed by atoms with Gasteiger partial charge in [-0.15, -0.1) is 0 Å². The van der Waals surface area contributed by atoms with Crippen molar-refractivity contribution < 1.29 is 19.8 Å². The second kappa shape index (κ2) is 9.99. The van der Waals surface area contributed by atoms with Crippen LogP contribution in [0, 0.1) is 34.5 Å². The molecule has 4 nitrogen and oxygen atoms in total. The van der Waals surface area contributed by atoms with Crippen LogP contribution in [0.15, 0.2) is 48.0 Å². The van der Waals surface area contributed by atoms with Crippen molar-refractivity contribution in [2.24, 2.45) is 27.6 Å². The largest absolute Gasteiger partial charge is 0.504 e. The molecule has 0 aliphatic heterocycles. The van der Waals surface area contributed by atoms with E-state index in [1.165, 1.54) is 23.8 Å². The van der Waals surface area contributed by atoms with Gasteiger partial charge in [0.2, 0.25) is 5.12 Å². The zero-order valence-electron chi connectivity index (χ0n) is 27.0. The van der Waals surface area contributed by atoms with Crippen molar-refractivity contribution in [3.05, 3.63) is 70.3 Å². The van der Waals surface area contributed by atoms with Crippen LogP contribution in [0.25, 0.3) is 0 Å². The summed E-state index contributed by atoms with van der Waals surface area (Å²) >= 11 is 1.32. The van der Waals surface area contributed by atoms with Gasteiger partial charge in [0.05, 0.1) is 5.25 Å². The Morgan fingerprint density at radius 3 is 2.28 bits per heavy atom. The highest BCUT2D eigenvalue weighted by atomic mass is 32.2. The number of phenols is 2. The molecular formula is C38H48O4S. The Balaban J connectivity index is 1.49. The second-order valence-electron chi connectivity index (χ2n) is 15.8. The fourth-order valence-electron chi connectivity index (χ4n) is 10.4. The minimum atomic E-state index is -0.308. The maximum Gasteiger partial charge on any atom is 0.220 e. The number of hydrogen-bond donors (Lipinski definition) is 2. The van der Waals surface area contributed by atoms with Crippen LogP contribution in [0.3, 0.4) is 0 Å². The molecule has 3 fully saturated rings. The first-order valence-electron chi connectivity index (χ1n) is 16.1. The molecule has 43 heavy (non-hydrogen) atoms. The number of carbonyl (C=O) groups is 2. The lowest BCUT2D eigenvalue weighted by Crippen LogP contribution is -2.62. The Morgan fingerprint density at radius 2 is 1.60 bits per heavy atom. The molecule has 2 aromatic carbocycles. The molecule has 2 aromatic rings. The Labute approximate surface area is 261 Å². The molecule has 0 saturated heterocycles. The van der Waals surface area contributed by atoms with Crippen molar-refractivity contribution in [1.29, 1.82) is 0 Å². The van der Waals surface area contributed by atoms with Crippen LogP contribution in [0.4, 0.5) is 0 Å². The summed E-state index contributed by atoms with van der Waals surface area (Å²) in [6, 6.07) is 11.2. The van der Waals surface area contributed by atoms with E-state index in [1.807, 2.05) is 37.3 Å². The monoisotopic (exact) mass is 600 g/mol. The van der Waals surface area contributed by atoms with Crippen LogP contribution < -0.4 is 0 Å². The van der Waals surface area contributed by atoms with E-state index in [1.54, 1.807) is 13.0 Å². The molecule has 6 rings (SSSR count). The first kappa shape index (κ1) is 30.5. The van der Waals surface area contributed by atoms with E-state index in [9.17, 15) is 19.8 Å². The zero-order chi connectivity index (χ0) is 31.2. The number of thioether (sulfide) groups is 1. The van der Waals surface area contributed by atoms with Gasteiger partial charge >= 0.3 is 0 Å². The van der Waals surface area contributed by atoms with Crippen molar-refractivity contribution in [3.8, 4) is 11.5 Å². The fourth-order valence-corrected chi connectivity index (χ4v) is 11.5. The van der Waals surface area contributed by atoms with Gasteiger partial charge in [-0.25, -0.2) is 0 Å². The number of hydrogen-bond acceptors (Lipinski definition) is 5. The van der Waals surface area contributed by atoms with Gasteiger partial charge < -0.3 is 15.0 Å². The maximum absolute atomic E-state index is 13.6. The summed E-state index contributed by atoms with van der Waals surface area (Å²) in [6.45, 7) is 15.8. The molecule has 4 aliphatic carbocycles. The van der Waals surface area contributed by atoms with Gasteiger partial charge in [0, 0.05) is 17.4 Å². The topological polar surface area (TPSA) is 74.6 Å². The van der Waals surface area contributed by atoms with Gasteiger partial charge in [0.15, 0.2) is 11.5 Å². The number of phenolic OH excluding ortho intramolecular Hbond substituents is 2. The molecule has 7 atom stereocenters. The Kier molecular flexibility index (Phi) is 7.08. The van der Waals surface area contributed by atoms with Gasteiger partial charge in [-0.3, -0.25) is 4.79 Å². The normalized spacial score (nSPS) is 38.2. The van der Waals surface area contributed by atoms with E-state index in [-0.39, 0.29) is 48.9 Å². The summed E-state index contributed by atoms with van der Waals surface area (Å²) < 4.78 is 0. The van der Waals surface area contributed by atoms with Crippen molar-refractivity contribution in [3.63, 3.8) is 0 Å². The molecule has 0 bridgehead atoms. The molecule has 2 N–H and O–H groups in total. The minimum Gasteiger partial charge on any atom is -0.504 e. The van der Waals surface area contributed by atoms with Gasteiger partial charge in [-0.1, -0.05) is 88.4 Å². The summed E-state index contributed by atoms with van der Waals surface area (Å²) in [7, 11) is 0. The van der Waals surface area contributed by atoms with Crippen molar-refractivity contribution in [2.45, 2.75) is 110 Å². The average Bonchev–Trinajstić information content (AvgIpc) is 2.95. The molecule has 0 radical (unpaired) electrons. The summed E-state index contributed by atoms with van der Waals surface area (Å²) in [4.78, 5) is 26.0. The quantitative estimate of drug-likeness (QED) is 0.270. The molecule has 5 heteroatoms. The summed E-state index contributed by atoms with van der Waals surface area (Å²) in [6.07, 6.45) is 10.7. The highest BCUT2D eigenvalue weighted by molar-refractivity contribution is 8.14. The number of carbonyl (C=O) groups excluding carboxylic acids is 2. The van der Waals surface area contributed by atoms with Crippen LogP contribution in [0.5, 0.6) is 11.5 Å². The van der Waals surface area contributed by atoms with E-state index in [0.717, 1.165) is 49.7 Å². The number of benzene rings is 2. The standard InChI is InChI=1S/C38H48O4S/c1-23(39)21-34(3)13-14-35(4)15-17-37(6)29-20-28(43-33(42)25-11-9-8-10-12-25)31-24(2)32(41)27(40)19-26(31)36(29,5)16-18-38(37,7)30(35)22-34/h8-12,19-20,28,30,40-41H,13-18,21-22H2,1-7H3/t28?,30-,34+,35-,36+,37-,38+/m1/s1. The van der Waals surface area contributed by atoms with Crippen LogP contribution in [0.2, 0.25) is 0 Å². The van der Waals surface area contributed by atoms with Crippen molar-refractivity contribution in [2.75, 3.05) is 0 Å². The van der Waals surface area contributed by atoms with E-state index in [0.29, 0.717) is 29.2 Å². The molecule has 1 unspecified atom stereocenters. The predicted molar refractivity (Wildman–Crippen MR) is 175 cm³/mol. The van der Waals surface area contributed by atoms with E-state index >= 15 is 0 Å². The molecule has 230 valence electrons. The number of Topliss-reactive ketones (excluding diaryl/α,β-unsaturated/α-hetero) is 1. The molecule has 4 aliphatic rings. The van der Waals surface area contributed by atoms with Gasteiger partial charge in [-0.05, 0) is 109 Å². The molecular weight excluding hydrogens is 552 g/mol. The fraction of sp³-hybridized carbons (Fsp3) is 0.579. The van der Waals surface area contributed by atoms with Gasteiger partial charge in [0.1, 0.15) is 5.78 Å². The van der Waals surface area contributed by atoms with Crippen molar-refractivity contribution in [1.82, 2.24) is 0 Å². The van der Waals surface area contributed by atoms with Crippen LogP contribution in [-0.4, -0.2) is 21.1 Å². The Hall–Kier alpha value is -2.53. The molecule has 0 heterocycles. The smallest absolute Gasteiger partial charge is 0.220 e. The molecule has 0 spiro atoms. The third kappa shape index (κ3) is 4.46. The van der Waals surface area contributed by atoms with E-state index < -0.39 is 0 Å². The Morgan fingerprint density at radius 1 is 0.930 bits per heavy atom. The van der Waals surface area contributed by atoms with Crippen LogP contribution in [-0.2, 0) is 10.2 Å². The minimum absolute atomic E-state index is 0.0104. The number of rotatable bonds is 4. The average molecular weight is 601 g/mol. The maximum atomic E-state index is 13.6. The lowest BCUT2D eigenvalue weighted by Gasteiger charge is -2.70. The van der Waals surface area contributed by atoms with E-state index in [2.05, 4.69) is 40.7 Å². The van der Waals surface area contributed by atoms with Crippen LogP contribution in [0.1, 0.15) is 125 Å². The van der Waals surface area contributed by atoms with Crippen molar-refractivity contribution >= 4 is 22.7 Å². The molecule has 0 aromatic heterocycles. The third-order valence-electron chi connectivity index (χ3n) is 13.1. The summed E-state index contributed by atoms with van der Waals surface area (Å²) in [5, 5.41) is 21.5. The first-order valence-corrected chi connectivity index (χ1v) is 17.0. The van der Waals surface area contributed by atoms with Crippen LogP contribution >= 0.6 is 11.8 Å². The molecule has 0 amide bonds. The third-order valence-corrected chi connectivity index (χ3v) is 14.2. The SMILES string of the molecule is CC(=O)C[C@]1(C)CC[C@]2(C)CC[C@]3(C)C4=CC(SC(=O)c5ccccc5)c5c(cc(O)c(O)c5C)[C@]4(C)CC[C@@]3(C)[C@@H]2C1. The Bertz CT molecular complexity index is 1530. The zero-order valence-corrected chi connectivity index (χ0v) is 27.8. The summed E-state index contributed by atoms with van der Waals surface area (Å²) in [5.41, 5.74) is 4.65. The number of aromatic hydroxyl groups is 2. The number of allylic oxidation sites excluding steroid dienone is 1. The van der Waals surface area contributed by atoms with Gasteiger partial charge in [0.25, 0.3) is 0 Å². The lowest BCUT2D eigenvalue weighted by molar-refractivity contribution is -0.161. The highest BCUT2D eigenvalue weighted by Gasteiger charge is 2.66. The van der Waals surface area contributed by atoms with Gasteiger partial charge in [-0.2, -0.15) is 0 Å². The summed E-state index contributed by atoms with van der Waals surface area (Å²) in [5.74, 6) is 0.609. The lowest BCUT2D eigenvalue weighted by atomic mass is 9.34. The van der Waals surface area contributed by atoms with E-state index in [4.69, 9.17) is 0 Å². The number of ketones is 1.